The topological polar surface area (TPSA) is 124 Å². The van der Waals surface area contributed by atoms with E-state index >= 15 is 0 Å². The van der Waals surface area contributed by atoms with E-state index in [4.69, 9.17) is 15.0 Å². The van der Waals surface area contributed by atoms with Crippen LogP contribution in [0.25, 0.3) is 0 Å². The van der Waals surface area contributed by atoms with Crippen molar-refractivity contribution >= 4 is 35.4 Å². The van der Waals surface area contributed by atoms with Crippen LogP contribution < -0.4 is 25.3 Å². The Morgan fingerprint density at radius 2 is 1.00 bits per heavy atom. The van der Waals surface area contributed by atoms with Crippen molar-refractivity contribution in [1.29, 1.82) is 0 Å². The average molecular weight is 501 g/mol. The number of carbonyl (C=O) groups excluding carboxylic acids is 3. The largest absolute Gasteiger partial charge is 0.353 e. The van der Waals surface area contributed by atoms with Crippen LogP contribution in [0.5, 0.6) is 0 Å². The quantitative estimate of drug-likeness (QED) is 0.570. The van der Waals surface area contributed by atoms with E-state index < -0.39 is 0 Å². The van der Waals surface area contributed by atoms with Gasteiger partial charge in [0, 0.05) is 77.5 Å². The Kier molecular flexibility index (Phi) is 8.58. The summed E-state index contributed by atoms with van der Waals surface area (Å²) in [6.07, 6.45) is 5.64. The van der Waals surface area contributed by atoms with Crippen molar-refractivity contribution < 1.29 is 14.4 Å². The van der Waals surface area contributed by atoms with Gasteiger partial charge in [-0.2, -0.15) is 15.0 Å². The molecule has 3 aliphatic heterocycles. The third-order valence-corrected chi connectivity index (χ3v) is 7.55. The number of hydrogen-bond acceptors (Lipinski definition) is 9. The van der Waals surface area contributed by atoms with Gasteiger partial charge in [0.15, 0.2) is 0 Å². The number of nitrogens with zero attached hydrogens (tertiary/aromatic N) is 6. The molecule has 3 saturated heterocycles. The van der Waals surface area contributed by atoms with Crippen LogP contribution in [-0.2, 0) is 14.4 Å². The zero-order valence-corrected chi connectivity index (χ0v) is 21.8. The molecule has 0 aliphatic carbocycles. The van der Waals surface area contributed by atoms with Crippen molar-refractivity contribution in [3.8, 4) is 0 Å². The van der Waals surface area contributed by atoms with E-state index in [0.717, 1.165) is 77.8 Å². The third-order valence-electron chi connectivity index (χ3n) is 7.55. The van der Waals surface area contributed by atoms with E-state index in [1.165, 1.54) is 0 Å². The molecule has 0 saturated carbocycles. The molecule has 0 radical (unpaired) electrons. The van der Waals surface area contributed by atoms with Crippen LogP contribution in [0.15, 0.2) is 0 Å². The number of Topliss-reactive ketones (excluding diaryl/α,β-unsaturated/α-hetero) is 1. The van der Waals surface area contributed by atoms with E-state index in [2.05, 4.69) is 25.3 Å². The molecule has 0 bridgehead atoms. The summed E-state index contributed by atoms with van der Waals surface area (Å²) in [5.74, 6) is 2.50. The first-order chi connectivity index (χ1) is 17.3. The van der Waals surface area contributed by atoms with Gasteiger partial charge in [-0.15, -0.1) is 0 Å². The maximum atomic E-state index is 12.2. The summed E-state index contributed by atoms with van der Waals surface area (Å²) in [7, 11) is 0. The van der Waals surface area contributed by atoms with Gasteiger partial charge in [0.25, 0.3) is 0 Å². The van der Waals surface area contributed by atoms with Gasteiger partial charge < -0.3 is 25.3 Å². The molecule has 2 amide bonds. The van der Waals surface area contributed by atoms with Crippen molar-refractivity contribution in [2.75, 3.05) is 54.0 Å². The Bertz CT molecular complexity index is 879. The Labute approximate surface area is 213 Å². The lowest BCUT2D eigenvalue weighted by Crippen LogP contribution is -2.46. The van der Waals surface area contributed by atoms with Crippen LogP contribution in [-0.4, -0.2) is 83.9 Å². The fraction of sp³-hybridized carbons (Fsp3) is 0.760. The maximum absolute atomic E-state index is 12.2. The number of ketones is 1. The highest BCUT2D eigenvalue weighted by Crippen LogP contribution is 2.27. The molecule has 3 aliphatic rings. The monoisotopic (exact) mass is 500 g/mol. The highest BCUT2D eigenvalue weighted by molar-refractivity contribution is 5.81. The second-order valence-corrected chi connectivity index (χ2v) is 10.2. The Balaban J connectivity index is 1.50. The minimum Gasteiger partial charge on any atom is -0.353 e. The van der Waals surface area contributed by atoms with Gasteiger partial charge in [-0.25, -0.2) is 0 Å². The molecule has 11 heteroatoms. The van der Waals surface area contributed by atoms with Gasteiger partial charge in [-0.05, 0) is 38.5 Å². The molecule has 36 heavy (non-hydrogen) atoms. The molecule has 2 N–H and O–H groups in total. The molecular formula is C25H40N8O3. The molecule has 4 heterocycles. The van der Waals surface area contributed by atoms with E-state index in [1.54, 1.807) is 13.8 Å². The molecule has 0 atom stereocenters. The summed E-state index contributed by atoms with van der Waals surface area (Å²) in [4.78, 5) is 56.3. The number of rotatable bonds is 7. The van der Waals surface area contributed by atoms with Crippen LogP contribution in [0.1, 0.15) is 65.7 Å². The van der Waals surface area contributed by atoms with Crippen molar-refractivity contribution in [3.05, 3.63) is 0 Å². The zero-order chi connectivity index (χ0) is 25.7. The van der Waals surface area contributed by atoms with Crippen molar-refractivity contribution in [1.82, 2.24) is 25.6 Å². The molecule has 4 rings (SSSR count). The summed E-state index contributed by atoms with van der Waals surface area (Å²) in [6, 6.07) is 0.366. The van der Waals surface area contributed by atoms with E-state index in [0.29, 0.717) is 30.0 Å². The molecule has 0 aromatic carbocycles. The number of hydrogen-bond donors (Lipinski definition) is 2. The van der Waals surface area contributed by atoms with Crippen molar-refractivity contribution in [3.63, 3.8) is 0 Å². The van der Waals surface area contributed by atoms with E-state index in [1.807, 2.05) is 6.92 Å². The van der Waals surface area contributed by atoms with Gasteiger partial charge in [0.05, 0.1) is 0 Å². The Morgan fingerprint density at radius 1 is 0.667 bits per heavy atom. The average Bonchev–Trinajstić information content (AvgIpc) is 2.88. The standard InChI is InChI=1S/C25H40N8O3/c1-4-22(36)19-5-11-31(12-6-19)23-28-24(32-13-7-20(8-14-32)26-17(2)34)30-25(29-23)33-15-9-21(10-16-33)27-18(3)35/h19-21H,4-16H2,1-3H3,(H,26,34)(H,27,35). The fourth-order valence-corrected chi connectivity index (χ4v) is 5.48. The van der Waals surface area contributed by atoms with Crippen molar-refractivity contribution in [2.24, 2.45) is 5.92 Å². The number of carbonyl (C=O) groups is 3. The predicted octanol–water partition coefficient (Wildman–Crippen LogP) is 1.28. The first-order valence-electron chi connectivity index (χ1n) is 13.4. The van der Waals surface area contributed by atoms with Crippen LogP contribution >= 0.6 is 0 Å². The number of piperidine rings is 3. The van der Waals surface area contributed by atoms with Gasteiger partial charge in [0.1, 0.15) is 5.78 Å². The number of nitrogens with one attached hydrogen (secondary N) is 2. The summed E-state index contributed by atoms with van der Waals surface area (Å²) < 4.78 is 0. The van der Waals surface area contributed by atoms with Crippen molar-refractivity contribution in [2.45, 2.75) is 77.8 Å². The minimum atomic E-state index is 0.00538. The SMILES string of the molecule is CCC(=O)C1CCN(c2nc(N3CCC(NC(C)=O)CC3)nc(N3CCC(NC(C)=O)CC3)n2)CC1. The molecular weight excluding hydrogens is 460 g/mol. The Hall–Kier alpha value is -2.98. The smallest absolute Gasteiger partial charge is 0.231 e. The first-order valence-corrected chi connectivity index (χ1v) is 13.4. The molecule has 1 aromatic heterocycles. The molecule has 11 nitrogen and oxygen atoms in total. The van der Waals surface area contributed by atoms with Crippen LogP contribution in [0.2, 0.25) is 0 Å². The van der Waals surface area contributed by atoms with Crippen LogP contribution in [0.4, 0.5) is 17.8 Å². The maximum Gasteiger partial charge on any atom is 0.231 e. The minimum absolute atomic E-state index is 0.00538. The van der Waals surface area contributed by atoms with Crippen LogP contribution in [0, 0.1) is 5.92 Å². The second kappa shape index (κ2) is 11.8. The van der Waals surface area contributed by atoms with E-state index in [-0.39, 0.29) is 29.8 Å². The highest BCUT2D eigenvalue weighted by Gasteiger charge is 2.29. The molecule has 0 unspecified atom stereocenters. The fourth-order valence-electron chi connectivity index (χ4n) is 5.48. The molecule has 0 spiro atoms. The summed E-state index contributed by atoms with van der Waals surface area (Å²) in [5.41, 5.74) is 0. The molecule has 198 valence electrons. The lowest BCUT2D eigenvalue weighted by atomic mass is 9.91. The lowest BCUT2D eigenvalue weighted by Gasteiger charge is -2.36. The predicted molar refractivity (Wildman–Crippen MR) is 138 cm³/mol. The number of amides is 2. The Morgan fingerprint density at radius 3 is 1.31 bits per heavy atom. The van der Waals surface area contributed by atoms with Gasteiger partial charge >= 0.3 is 0 Å². The lowest BCUT2D eigenvalue weighted by molar-refractivity contribution is -0.123. The molecule has 3 fully saturated rings. The summed E-state index contributed by atoms with van der Waals surface area (Å²) >= 11 is 0. The van der Waals surface area contributed by atoms with E-state index in [9.17, 15) is 14.4 Å². The van der Waals surface area contributed by atoms with Crippen LogP contribution in [0.3, 0.4) is 0 Å². The highest BCUT2D eigenvalue weighted by atomic mass is 16.2. The third kappa shape index (κ3) is 6.61. The number of aromatic nitrogens is 3. The van der Waals surface area contributed by atoms with Gasteiger partial charge in [-0.1, -0.05) is 6.92 Å². The molecule has 1 aromatic rings. The summed E-state index contributed by atoms with van der Waals surface area (Å²) in [5, 5.41) is 6.05. The van der Waals surface area contributed by atoms with Gasteiger partial charge in [-0.3, -0.25) is 14.4 Å². The van der Waals surface area contributed by atoms with Gasteiger partial charge in [0.2, 0.25) is 29.7 Å². The zero-order valence-electron chi connectivity index (χ0n) is 21.8. The normalized spacial score (nSPS) is 20.4. The first kappa shape index (κ1) is 26.1. The summed E-state index contributed by atoms with van der Waals surface area (Å²) in [6.45, 7) is 9.65. The number of anilines is 3. The second-order valence-electron chi connectivity index (χ2n) is 10.2.